The van der Waals surface area contributed by atoms with E-state index in [0.717, 1.165) is 0 Å². The lowest BCUT2D eigenvalue weighted by atomic mass is 9.90. The third kappa shape index (κ3) is 2.94. The summed E-state index contributed by atoms with van der Waals surface area (Å²) >= 11 is 0. The van der Waals surface area contributed by atoms with Crippen molar-refractivity contribution in [1.82, 2.24) is 20.6 Å². The number of tetrazole rings is 1. The first-order chi connectivity index (χ1) is 12.6. The molecule has 10 nitrogen and oxygen atoms in total. The standard InChI is InChI=1S/C16H17N5O5/c1-16(6-24-7-16)8-25-12-10-5-9(23-2)3-4-11(10)26-13(12)14(22)17-15-18-20-21-19-15/h3-5H,6-8H2,1-2H3,(H2,17,18,19,20,21,22). The number of methoxy groups -OCH3 is 1. The predicted octanol–water partition coefficient (Wildman–Crippen LogP) is 1.62. The average Bonchev–Trinajstić information content (AvgIpc) is 3.25. The SMILES string of the molecule is COc1ccc2oc(C(=O)Nc3nn[nH]n3)c(OCC3(C)COC3)c2c1. The minimum Gasteiger partial charge on any atom is -0.497 e. The van der Waals surface area contributed by atoms with Gasteiger partial charge < -0.3 is 18.6 Å². The van der Waals surface area contributed by atoms with E-state index < -0.39 is 5.91 Å². The molecule has 0 spiro atoms. The van der Waals surface area contributed by atoms with Gasteiger partial charge in [0, 0.05) is 5.41 Å². The van der Waals surface area contributed by atoms with Gasteiger partial charge in [0.15, 0.2) is 5.75 Å². The number of furan rings is 1. The van der Waals surface area contributed by atoms with E-state index in [1.165, 1.54) is 0 Å². The monoisotopic (exact) mass is 359 g/mol. The smallest absolute Gasteiger partial charge is 0.297 e. The van der Waals surface area contributed by atoms with E-state index in [9.17, 15) is 4.79 Å². The number of nitrogens with zero attached hydrogens (tertiary/aromatic N) is 3. The Hall–Kier alpha value is -3.14. The second kappa shape index (κ2) is 6.30. The first-order valence-electron chi connectivity index (χ1n) is 7.94. The number of nitrogens with one attached hydrogen (secondary N) is 2. The molecule has 26 heavy (non-hydrogen) atoms. The van der Waals surface area contributed by atoms with Gasteiger partial charge in [-0.1, -0.05) is 12.0 Å². The molecule has 0 aliphatic carbocycles. The maximum Gasteiger partial charge on any atom is 0.297 e. The summed E-state index contributed by atoms with van der Waals surface area (Å²) in [5.41, 5.74) is 0.415. The molecule has 1 aliphatic heterocycles. The number of hydrogen-bond donors (Lipinski definition) is 2. The molecular weight excluding hydrogens is 342 g/mol. The van der Waals surface area contributed by atoms with E-state index in [-0.39, 0.29) is 17.1 Å². The van der Waals surface area contributed by atoms with E-state index >= 15 is 0 Å². The van der Waals surface area contributed by atoms with Crippen molar-refractivity contribution >= 4 is 22.8 Å². The van der Waals surface area contributed by atoms with E-state index in [4.69, 9.17) is 18.6 Å². The lowest BCUT2D eigenvalue weighted by Crippen LogP contribution is -2.44. The lowest BCUT2D eigenvalue weighted by molar-refractivity contribution is -0.120. The molecular formula is C16H17N5O5. The van der Waals surface area contributed by atoms with Crippen molar-refractivity contribution in [1.29, 1.82) is 0 Å². The third-order valence-corrected chi connectivity index (χ3v) is 4.09. The summed E-state index contributed by atoms with van der Waals surface area (Å²) in [7, 11) is 1.57. The summed E-state index contributed by atoms with van der Waals surface area (Å²) in [6.07, 6.45) is 0. The molecule has 2 aromatic heterocycles. The van der Waals surface area contributed by atoms with Gasteiger partial charge >= 0.3 is 0 Å². The van der Waals surface area contributed by atoms with Crippen molar-refractivity contribution in [3.05, 3.63) is 24.0 Å². The van der Waals surface area contributed by atoms with Crippen molar-refractivity contribution < 1.29 is 23.4 Å². The van der Waals surface area contributed by atoms with Crippen LogP contribution in [0.15, 0.2) is 22.6 Å². The molecule has 0 atom stereocenters. The summed E-state index contributed by atoms with van der Waals surface area (Å²) in [6, 6.07) is 5.23. The summed E-state index contributed by atoms with van der Waals surface area (Å²) < 4.78 is 22.2. The fraction of sp³-hybridized carbons (Fsp3) is 0.375. The van der Waals surface area contributed by atoms with Crippen LogP contribution < -0.4 is 14.8 Å². The van der Waals surface area contributed by atoms with Crippen LogP contribution in [0.5, 0.6) is 11.5 Å². The molecule has 136 valence electrons. The van der Waals surface area contributed by atoms with Crippen molar-refractivity contribution in [3.63, 3.8) is 0 Å². The van der Waals surface area contributed by atoms with Gasteiger partial charge in [-0.05, 0) is 23.4 Å². The number of amides is 1. The minimum absolute atomic E-state index is 0.0295. The van der Waals surface area contributed by atoms with Crippen LogP contribution in [0.1, 0.15) is 17.5 Å². The van der Waals surface area contributed by atoms with Gasteiger partial charge in [-0.2, -0.15) is 5.21 Å². The quantitative estimate of drug-likeness (QED) is 0.680. The molecule has 1 saturated heterocycles. The van der Waals surface area contributed by atoms with Crippen LogP contribution in [0.4, 0.5) is 5.95 Å². The fourth-order valence-electron chi connectivity index (χ4n) is 2.63. The number of H-pyrrole nitrogens is 1. The Bertz CT molecular complexity index is 932. The normalized spacial score (nSPS) is 15.5. The van der Waals surface area contributed by atoms with Gasteiger partial charge in [-0.3, -0.25) is 10.1 Å². The van der Waals surface area contributed by atoms with Crippen LogP contribution in [-0.2, 0) is 4.74 Å². The number of aromatic nitrogens is 4. The first-order valence-corrected chi connectivity index (χ1v) is 7.94. The highest BCUT2D eigenvalue weighted by Crippen LogP contribution is 2.37. The number of anilines is 1. The Balaban J connectivity index is 1.69. The van der Waals surface area contributed by atoms with Crippen LogP contribution in [0.3, 0.4) is 0 Å². The summed E-state index contributed by atoms with van der Waals surface area (Å²) in [6.45, 7) is 3.66. The molecule has 0 unspecified atom stereocenters. The maximum absolute atomic E-state index is 12.6. The maximum atomic E-state index is 12.6. The van der Waals surface area contributed by atoms with E-state index in [1.807, 2.05) is 0 Å². The van der Waals surface area contributed by atoms with Gasteiger partial charge in [0.05, 0.1) is 32.3 Å². The number of benzene rings is 1. The number of fused-ring (bicyclic) bond motifs is 1. The highest BCUT2D eigenvalue weighted by molar-refractivity contribution is 6.07. The predicted molar refractivity (Wildman–Crippen MR) is 89.3 cm³/mol. The van der Waals surface area contributed by atoms with Gasteiger partial charge in [0.1, 0.15) is 11.3 Å². The van der Waals surface area contributed by atoms with Crippen molar-refractivity contribution in [2.75, 3.05) is 32.2 Å². The number of aromatic amines is 1. The zero-order valence-electron chi connectivity index (χ0n) is 14.2. The van der Waals surface area contributed by atoms with Crippen LogP contribution in [0.2, 0.25) is 0 Å². The van der Waals surface area contributed by atoms with Crippen molar-refractivity contribution in [2.24, 2.45) is 5.41 Å². The Labute approximate surface area is 147 Å². The van der Waals surface area contributed by atoms with Crippen LogP contribution in [-0.4, -0.2) is 53.5 Å². The Morgan fingerprint density at radius 3 is 2.92 bits per heavy atom. The molecule has 3 aromatic rings. The molecule has 1 aliphatic rings. The minimum atomic E-state index is -0.536. The van der Waals surface area contributed by atoms with E-state index in [0.29, 0.717) is 42.3 Å². The number of carbonyl (C=O) groups excluding carboxylic acids is 1. The highest BCUT2D eigenvalue weighted by Gasteiger charge is 2.35. The van der Waals surface area contributed by atoms with Gasteiger partial charge in [0.2, 0.25) is 5.76 Å². The molecule has 10 heteroatoms. The Kier molecular flexibility index (Phi) is 3.96. The molecule has 1 amide bonds. The molecule has 1 aromatic carbocycles. The van der Waals surface area contributed by atoms with Gasteiger partial charge in [-0.25, -0.2) is 0 Å². The fourth-order valence-corrected chi connectivity index (χ4v) is 2.63. The molecule has 0 bridgehead atoms. The number of hydrogen-bond acceptors (Lipinski definition) is 8. The second-order valence-electron chi connectivity index (χ2n) is 6.40. The number of rotatable bonds is 6. The van der Waals surface area contributed by atoms with Crippen LogP contribution >= 0.6 is 0 Å². The Morgan fingerprint density at radius 2 is 2.27 bits per heavy atom. The molecule has 0 radical (unpaired) electrons. The molecule has 3 heterocycles. The zero-order chi connectivity index (χ0) is 18.1. The molecule has 0 saturated carbocycles. The van der Waals surface area contributed by atoms with Crippen LogP contribution in [0, 0.1) is 5.41 Å². The topological polar surface area (TPSA) is 124 Å². The summed E-state index contributed by atoms with van der Waals surface area (Å²) in [5, 5.41) is 16.2. The molecule has 2 N–H and O–H groups in total. The zero-order valence-corrected chi connectivity index (χ0v) is 14.2. The lowest BCUT2D eigenvalue weighted by Gasteiger charge is -2.37. The third-order valence-electron chi connectivity index (χ3n) is 4.09. The van der Waals surface area contributed by atoms with Crippen molar-refractivity contribution in [3.8, 4) is 11.5 Å². The second-order valence-corrected chi connectivity index (χ2v) is 6.40. The van der Waals surface area contributed by atoms with E-state index in [1.54, 1.807) is 25.3 Å². The highest BCUT2D eigenvalue weighted by atomic mass is 16.5. The van der Waals surface area contributed by atoms with Crippen molar-refractivity contribution in [2.45, 2.75) is 6.92 Å². The Morgan fingerprint density at radius 1 is 1.42 bits per heavy atom. The summed E-state index contributed by atoms with van der Waals surface area (Å²) in [4.78, 5) is 12.6. The van der Waals surface area contributed by atoms with Gasteiger partial charge in [-0.15, -0.1) is 5.10 Å². The van der Waals surface area contributed by atoms with Crippen LogP contribution in [0.25, 0.3) is 11.0 Å². The number of carbonyl (C=O) groups is 1. The first kappa shape index (κ1) is 16.3. The van der Waals surface area contributed by atoms with Gasteiger partial charge in [0.25, 0.3) is 11.9 Å². The molecule has 1 fully saturated rings. The molecule has 4 rings (SSSR count). The average molecular weight is 359 g/mol. The largest absolute Gasteiger partial charge is 0.497 e. The number of ether oxygens (including phenoxy) is 3. The van der Waals surface area contributed by atoms with E-state index in [2.05, 4.69) is 32.9 Å². The summed E-state index contributed by atoms with van der Waals surface area (Å²) in [5.74, 6) is 0.506.